The van der Waals surface area contributed by atoms with Crippen LogP contribution in [0.1, 0.15) is 5.82 Å². The average Bonchev–Trinajstić information content (AvgIpc) is 3.50. The van der Waals surface area contributed by atoms with E-state index in [9.17, 15) is 4.39 Å². The molecule has 0 spiro atoms. The molecule has 0 amide bonds. The van der Waals surface area contributed by atoms with Gasteiger partial charge in [0.25, 0.3) is 0 Å². The Balaban J connectivity index is 1.53. The van der Waals surface area contributed by atoms with Crippen LogP contribution in [-0.4, -0.2) is 34.7 Å². The summed E-state index contributed by atoms with van der Waals surface area (Å²) in [5, 5.41) is 8.41. The van der Waals surface area contributed by atoms with Gasteiger partial charge in [-0.05, 0) is 25.1 Å². The molecule has 32 heavy (non-hydrogen) atoms. The molecule has 4 heterocycles. The lowest BCUT2D eigenvalue weighted by molar-refractivity contribution is 0.631. The monoisotopic (exact) mass is 423 g/mol. The van der Waals surface area contributed by atoms with Crippen molar-refractivity contribution in [1.29, 1.82) is 0 Å². The summed E-state index contributed by atoms with van der Waals surface area (Å²) in [5.41, 5.74) is 5.95. The number of hydrogen-bond donors (Lipinski definition) is 2. The number of nitrogens with zero attached hydrogens (tertiary/aromatic N) is 5. The van der Waals surface area contributed by atoms with Gasteiger partial charge in [-0.1, -0.05) is 30.3 Å². The Morgan fingerprint density at radius 1 is 0.938 bits per heavy atom. The molecule has 6 aromatic rings. The summed E-state index contributed by atoms with van der Waals surface area (Å²) in [6.07, 6.45) is 3.57. The van der Waals surface area contributed by atoms with Crippen LogP contribution in [-0.2, 0) is 7.05 Å². The van der Waals surface area contributed by atoms with E-state index in [-0.39, 0.29) is 5.82 Å². The smallest absolute Gasteiger partial charge is 0.159 e. The van der Waals surface area contributed by atoms with E-state index in [1.165, 1.54) is 6.07 Å². The third-order valence-electron chi connectivity index (χ3n) is 5.83. The van der Waals surface area contributed by atoms with Crippen molar-refractivity contribution in [2.45, 2.75) is 6.92 Å². The number of halogens is 1. The van der Waals surface area contributed by atoms with Crippen LogP contribution in [0.15, 0.2) is 60.9 Å². The number of aryl methyl sites for hydroxylation is 1. The summed E-state index contributed by atoms with van der Waals surface area (Å²) in [6, 6.07) is 14.4. The van der Waals surface area contributed by atoms with Crippen LogP contribution in [0.2, 0.25) is 0 Å². The van der Waals surface area contributed by atoms with Crippen LogP contribution >= 0.6 is 0 Å². The van der Waals surface area contributed by atoms with E-state index in [1.807, 2.05) is 55.1 Å². The molecule has 7 nitrogen and oxygen atoms in total. The highest BCUT2D eigenvalue weighted by Gasteiger charge is 2.17. The number of benzene rings is 2. The van der Waals surface area contributed by atoms with Gasteiger partial charge in [-0.2, -0.15) is 5.10 Å². The van der Waals surface area contributed by atoms with Gasteiger partial charge in [-0.3, -0.25) is 10.1 Å². The van der Waals surface area contributed by atoms with Crippen molar-refractivity contribution in [3.63, 3.8) is 0 Å². The van der Waals surface area contributed by atoms with E-state index >= 15 is 0 Å². The Hall–Kier alpha value is -4.33. The maximum absolute atomic E-state index is 14.5. The topological polar surface area (TPSA) is 88.1 Å². The molecule has 0 bridgehead atoms. The molecular formula is C24H18FN7. The van der Waals surface area contributed by atoms with Gasteiger partial charge >= 0.3 is 0 Å². The lowest BCUT2D eigenvalue weighted by atomic mass is 10.0. The summed E-state index contributed by atoms with van der Waals surface area (Å²) in [7, 11) is 1.96. The van der Waals surface area contributed by atoms with Crippen LogP contribution in [0.5, 0.6) is 0 Å². The van der Waals surface area contributed by atoms with Crippen molar-refractivity contribution in [3.05, 3.63) is 72.6 Å². The van der Waals surface area contributed by atoms with Gasteiger partial charge in [0.15, 0.2) is 5.82 Å². The molecule has 6 rings (SSSR count). The number of rotatable bonds is 3. The standard InChI is InChI=1S/C24H18FN7/c1-13-26-12-21(32(13)2)19-10-16-20(11-27-19)30-31-23(16)24-28-18-9-5-7-15(22(18)29-24)14-6-3-4-8-17(14)25/h3-12H,1-2H3,(H,28,29)(H,30,31). The highest BCUT2D eigenvalue weighted by atomic mass is 19.1. The van der Waals surface area contributed by atoms with Crippen LogP contribution < -0.4 is 0 Å². The quantitative estimate of drug-likeness (QED) is 0.419. The van der Waals surface area contributed by atoms with E-state index in [2.05, 4.69) is 25.1 Å². The predicted molar refractivity (Wildman–Crippen MR) is 121 cm³/mol. The summed E-state index contributed by atoms with van der Waals surface area (Å²) in [6.45, 7) is 1.95. The Morgan fingerprint density at radius 2 is 1.78 bits per heavy atom. The van der Waals surface area contributed by atoms with Crippen LogP contribution in [0.4, 0.5) is 4.39 Å². The van der Waals surface area contributed by atoms with E-state index in [1.54, 1.807) is 18.3 Å². The second-order valence-electron chi connectivity index (χ2n) is 7.70. The number of imidazole rings is 2. The molecule has 8 heteroatoms. The van der Waals surface area contributed by atoms with Gasteiger partial charge in [0.2, 0.25) is 0 Å². The number of fused-ring (bicyclic) bond motifs is 2. The SMILES string of the molecule is Cc1ncc(-c2cc3c(-c4nc5c(-c6ccccc6F)cccc5[nH]4)n[nH]c3cn2)n1C. The van der Waals surface area contributed by atoms with Gasteiger partial charge in [0, 0.05) is 23.6 Å². The first-order chi connectivity index (χ1) is 15.6. The van der Waals surface area contributed by atoms with E-state index < -0.39 is 0 Å². The lowest BCUT2D eigenvalue weighted by Crippen LogP contribution is -1.95. The number of aromatic nitrogens is 7. The minimum atomic E-state index is -0.281. The summed E-state index contributed by atoms with van der Waals surface area (Å²) in [4.78, 5) is 17.1. The van der Waals surface area contributed by atoms with Crippen molar-refractivity contribution in [3.8, 4) is 34.0 Å². The van der Waals surface area contributed by atoms with Gasteiger partial charge in [0.05, 0.1) is 40.3 Å². The molecule has 0 aliphatic heterocycles. The fraction of sp³-hybridized carbons (Fsp3) is 0.0833. The summed E-state index contributed by atoms with van der Waals surface area (Å²) in [5.74, 6) is 1.23. The van der Waals surface area contributed by atoms with Crippen molar-refractivity contribution in [1.82, 2.24) is 34.7 Å². The fourth-order valence-corrected chi connectivity index (χ4v) is 4.02. The first-order valence-corrected chi connectivity index (χ1v) is 10.2. The molecule has 0 fully saturated rings. The normalized spacial score (nSPS) is 11.6. The predicted octanol–water partition coefficient (Wildman–Crippen LogP) is 5.02. The number of nitrogens with one attached hydrogen (secondary N) is 2. The van der Waals surface area contributed by atoms with Crippen molar-refractivity contribution in [2.75, 3.05) is 0 Å². The van der Waals surface area contributed by atoms with Gasteiger partial charge < -0.3 is 9.55 Å². The molecule has 0 aliphatic carbocycles. The largest absolute Gasteiger partial charge is 0.337 e. The first kappa shape index (κ1) is 18.4. The molecule has 2 N–H and O–H groups in total. The zero-order chi connectivity index (χ0) is 21.8. The fourth-order valence-electron chi connectivity index (χ4n) is 4.02. The third kappa shape index (κ3) is 2.73. The van der Waals surface area contributed by atoms with Crippen molar-refractivity contribution in [2.24, 2.45) is 7.05 Å². The highest BCUT2D eigenvalue weighted by molar-refractivity contribution is 5.97. The molecule has 0 atom stereocenters. The second-order valence-corrected chi connectivity index (χ2v) is 7.70. The summed E-state index contributed by atoms with van der Waals surface area (Å²) < 4.78 is 16.5. The zero-order valence-corrected chi connectivity index (χ0v) is 17.4. The average molecular weight is 423 g/mol. The van der Waals surface area contributed by atoms with Gasteiger partial charge in [-0.25, -0.2) is 14.4 Å². The molecule has 0 unspecified atom stereocenters. The molecule has 0 saturated heterocycles. The van der Waals surface area contributed by atoms with E-state index in [4.69, 9.17) is 4.98 Å². The van der Waals surface area contributed by atoms with E-state index in [0.717, 1.165) is 39.2 Å². The molecule has 156 valence electrons. The number of hydrogen-bond acceptors (Lipinski definition) is 4. The van der Waals surface area contributed by atoms with Crippen molar-refractivity contribution >= 4 is 21.9 Å². The van der Waals surface area contributed by atoms with Gasteiger partial charge in [-0.15, -0.1) is 0 Å². The molecule has 2 aromatic carbocycles. The minimum absolute atomic E-state index is 0.281. The molecule has 0 saturated carbocycles. The minimum Gasteiger partial charge on any atom is -0.337 e. The van der Waals surface area contributed by atoms with Crippen molar-refractivity contribution < 1.29 is 4.39 Å². The van der Waals surface area contributed by atoms with Crippen LogP contribution in [0.3, 0.4) is 0 Å². The zero-order valence-electron chi connectivity index (χ0n) is 17.4. The van der Waals surface area contributed by atoms with Crippen LogP contribution in [0, 0.1) is 12.7 Å². The number of aromatic amines is 2. The maximum atomic E-state index is 14.5. The number of H-pyrrole nitrogens is 2. The maximum Gasteiger partial charge on any atom is 0.159 e. The van der Waals surface area contributed by atoms with Gasteiger partial charge in [0.1, 0.15) is 17.3 Å². The number of para-hydroxylation sites is 1. The Labute approximate surface area is 182 Å². The Morgan fingerprint density at radius 3 is 2.59 bits per heavy atom. The summed E-state index contributed by atoms with van der Waals surface area (Å²) >= 11 is 0. The Kier molecular flexibility index (Phi) is 3.94. The first-order valence-electron chi connectivity index (χ1n) is 10.2. The van der Waals surface area contributed by atoms with E-state index in [0.29, 0.717) is 22.6 Å². The van der Waals surface area contributed by atoms with Crippen LogP contribution in [0.25, 0.3) is 56.0 Å². The molecule has 0 aliphatic rings. The molecule has 0 radical (unpaired) electrons. The Bertz CT molecular complexity index is 1620. The highest BCUT2D eigenvalue weighted by Crippen LogP contribution is 2.33. The molecular weight excluding hydrogens is 405 g/mol. The number of pyridine rings is 1. The lowest BCUT2D eigenvalue weighted by Gasteiger charge is -2.03. The second kappa shape index (κ2) is 6.84. The third-order valence-corrected chi connectivity index (χ3v) is 5.83. The molecule has 4 aromatic heterocycles.